The molecule has 0 aliphatic carbocycles. The van der Waals surface area contributed by atoms with Crippen molar-refractivity contribution >= 4 is 12.1 Å². The summed E-state index contributed by atoms with van der Waals surface area (Å²) in [6, 6.07) is -0.417. The van der Waals surface area contributed by atoms with Crippen LogP contribution in [-0.4, -0.2) is 29.8 Å². The van der Waals surface area contributed by atoms with Crippen molar-refractivity contribution in [2.24, 2.45) is 5.92 Å². The number of carbonyl (C=O) groups is 2. The Balaban J connectivity index is 4.09. The molecule has 86 valence electrons. The van der Waals surface area contributed by atoms with Gasteiger partial charge in [-0.1, -0.05) is 26.5 Å². The van der Waals surface area contributed by atoms with Crippen LogP contribution < -0.4 is 5.32 Å². The molecule has 5 nitrogen and oxygen atoms in total. The topological polar surface area (TPSA) is 75.6 Å². The predicted molar refractivity (Wildman–Crippen MR) is 55.6 cm³/mol. The fourth-order valence-corrected chi connectivity index (χ4v) is 0.969. The molecule has 1 amide bonds. The zero-order valence-corrected chi connectivity index (χ0v) is 9.03. The smallest absolute Gasteiger partial charge is 0.407 e. The van der Waals surface area contributed by atoms with Crippen LogP contribution in [0.3, 0.4) is 0 Å². The van der Waals surface area contributed by atoms with Gasteiger partial charge in [0.05, 0.1) is 6.42 Å². The van der Waals surface area contributed by atoms with Gasteiger partial charge in [-0.25, -0.2) is 4.79 Å². The van der Waals surface area contributed by atoms with Crippen LogP contribution in [-0.2, 0) is 9.53 Å². The van der Waals surface area contributed by atoms with Crippen molar-refractivity contribution < 1.29 is 19.4 Å². The highest BCUT2D eigenvalue weighted by Crippen LogP contribution is 2.06. The number of hydrogen-bond donors (Lipinski definition) is 2. The molecule has 0 saturated heterocycles. The van der Waals surface area contributed by atoms with E-state index in [2.05, 4.69) is 11.9 Å². The van der Waals surface area contributed by atoms with E-state index in [1.807, 2.05) is 13.8 Å². The van der Waals surface area contributed by atoms with Crippen LogP contribution in [0.4, 0.5) is 4.79 Å². The molecule has 15 heavy (non-hydrogen) atoms. The molecular formula is C10H17NO4. The molecule has 0 heterocycles. The summed E-state index contributed by atoms with van der Waals surface area (Å²) in [6.07, 6.45) is 0.719. The maximum absolute atomic E-state index is 11.1. The van der Waals surface area contributed by atoms with Gasteiger partial charge in [0.1, 0.15) is 6.61 Å². The lowest BCUT2D eigenvalue weighted by Gasteiger charge is -2.19. The highest BCUT2D eigenvalue weighted by Gasteiger charge is 2.19. The molecule has 0 rings (SSSR count). The van der Waals surface area contributed by atoms with Gasteiger partial charge in [0, 0.05) is 6.04 Å². The fraction of sp³-hybridized carbons (Fsp3) is 0.600. The summed E-state index contributed by atoms with van der Waals surface area (Å²) in [5.41, 5.74) is 0. The van der Waals surface area contributed by atoms with E-state index < -0.39 is 18.1 Å². The molecule has 1 atom stereocenters. The van der Waals surface area contributed by atoms with E-state index >= 15 is 0 Å². The lowest BCUT2D eigenvalue weighted by atomic mass is 10.0. The van der Waals surface area contributed by atoms with Crippen LogP contribution in [0.1, 0.15) is 20.3 Å². The minimum Gasteiger partial charge on any atom is -0.481 e. The maximum atomic E-state index is 11.1. The fourth-order valence-electron chi connectivity index (χ4n) is 0.969. The number of rotatable bonds is 6. The van der Waals surface area contributed by atoms with Crippen LogP contribution in [0.5, 0.6) is 0 Å². The minimum atomic E-state index is -0.947. The Morgan fingerprint density at radius 3 is 2.53 bits per heavy atom. The SMILES string of the molecule is C=CCOC(=O)N[C@H](CC(=O)O)C(C)C. The Bertz CT molecular complexity index is 238. The average molecular weight is 215 g/mol. The van der Waals surface area contributed by atoms with Gasteiger partial charge in [-0.3, -0.25) is 4.79 Å². The third-order valence-corrected chi connectivity index (χ3v) is 1.83. The number of amides is 1. The van der Waals surface area contributed by atoms with Crippen molar-refractivity contribution in [2.45, 2.75) is 26.3 Å². The van der Waals surface area contributed by atoms with Gasteiger partial charge in [0.25, 0.3) is 0 Å². The van der Waals surface area contributed by atoms with Crippen LogP contribution >= 0.6 is 0 Å². The molecule has 0 radical (unpaired) electrons. The molecule has 0 bridgehead atoms. The molecule has 0 aromatic carbocycles. The normalized spacial score (nSPS) is 11.9. The van der Waals surface area contributed by atoms with Crippen LogP contribution in [0.25, 0.3) is 0 Å². The second-order valence-electron chi connectivity index (χ2n) is 3.48. The number of hydrogen-bond acceptors (Lipinski definition) is 3. The molecule has 0 aromatic heterocycles. The molecule has 5 heteroatoms. The van der Waals surface area contributed by atoms with Gasteiger partial charge in [0.2, 0.25) is 0 Å². The second-order valence-corrected chi connectivity index (χ2v) is 3.48. The Hall–Kier alpha value is -1.52. The summed E-state index contributed by atoms with van der Waals surface area (Å²) >= 11 is 0. The molecule has 2 N–H and O–H groups in total. The van der Waals surface area contributed by atoms with E-state index in [1.54, 1.807) is 0 Å². The third kappa shape index (κ3) is 6.54. The maximum Gasteiger partial charge on any atom is 0.407 e. The zero-order valence-electron chi connectivity index (χ0n) is 9.03. The number of ether oxygens (including phenoxy) is 1. The van der Waals surface area contributed by atoms with Crippen LogP contribution in [0.15, 0.2) is 12.7 Å². The first kappa shape index (κ1) is 13.5. The number of carboxylic acids is 1. The van der Waals surface area contributed by atoms with Crippen molar-refractivity contribution in [3.05, 3.63) is 12.7 Å². The quantitative estimate of drug-likeness (QED) is 0.656. The van der Waals surface area contributed by atoms with Crippen molar-refractivity contribution in [1.82, 2.24) is 5.32 Å². The lowest BCUT2D eigenvalue weighted by molar-refractivity contribution is -0.137. The first-order valence-corrected chi connectivity index (χ1v) is 4.73. The van der Waals surface area contributed by atoms with Gasteiger partial charge in [-0.2, -0.15) is 0 Å². The monoisotopic (exact) mass is 215 g/mol. The van der Waals surface area contributed by atoms with Crippen molar-refractivity contribution in [1.29, 1.82) is 0 Å². The number of carbonyl (C=O) groups excluding carboxylic acids is 1. The van der Waals surface area contributed by atoms with Gasteiger partial charge < -0.3 is 15.2 Å². The van der Waals surface area contributed by atoms with E-state index in [0.29, 0.717) is 0 Å². The van der Waals surface area contributed by atoms with E-state index in [4.69, 9.17) is 9.84 Å². The first-order chi connectivity index (χ1) is 6.97. The Morgan fingerprint density at radius 1 is 1.53 bits per heavy atom. The summed E-state index contributed by atoms with van der Waals surface area (Å²) in [4.78, 5) is 21.6. The zero-order chi connectivity index (χ0) is 11.8. The number of alkyl carbamates (subject to hydrolysis) is 1. The molecule has 0 aromatic rings. The molecule has 0 aliphatic rings. The van der Waals surface area contributed by atoms with Gasteiger partial charge in [0.15, 0.2) is 0 Å². The highest BCUT2D eigenvalue weighted by atomic mass is 16.5. The largest absolute Gasteiger partial charge is 0.481 e. The standard InChI is InChI=1S/C10H17NO4/c1-4-5-15-10(14)11-8(7(2)3)6-9(12)13/h4,7-8H,1,5-6H2,2-3H3,(H,11,14)(H,12,13)/t8-/m1/s1. The molecule has 0 unspecified atom stereocenters. The van der Waals surface area contributed by atoms with Crippen molar-refractivity contribution in [3.8, 4) is 0 Å². The van der Waals surface area contributed by atoms with Gasteiger partial charge in [-0.05, 0) is 5.92 Å². The number of aliphatic carboxylic acids is 1. The first-order valence-electron chi connectivity index (χ1n) is 4.73. The van der Waals surface area contributed by atoms with E-state index in [-0.39, 0.29) is 18.9 Å². The minimum absolute atomic E-state index is 0.0392. The lowest BCUT2D eigenvalue weighted by Crippen LogP contribution is -2.40. The van der Waals surface area contributed by atoms with E-state index in [1.165, 1.54) is 6.08 Å². The molecule has 0 spiro atoms. The Morgan fingerprint density at radius 2 is 2.13 bits per heavy atom. The highest BCUT2D eigenvalue weighted by molar-refractivity contribution is 5.71. The van der Waals surface area contributed by atoms with E-state index in [9.17, 15) is 9.59 Å². The van der Waals surface area contributed by atoms with Crippen molar-refractivity contribution in [2.75, 3.05) is 6.61 Å². The van der Waals surface area contributed by atoms with Crippen LogP contribution in [0.2, 0.25) is 0 Å². The summed E-state index contributed by atoms with van der Waals surface area (Å²) in [5, 5.41) is 11.1. The Kier molecular flexibility index (Phi) is 6.17. The average Bonchev–Trinajstić information content (AvgIpc) is 2.12. The number of carboxylic acid groups (broad SMARTS) is 1. The van der Waals surface area contributed by atoms with Gasteiger partial charge in [-0.15, -0.1) is 0 Å². The van der Waals surface area contributed by atoms with Gasteiger partial charge >= 0.3 is 12.1 Å². The number of nitrogens with one attached hydrogen (secondary N) is 1. The second kappa shape index (κ2) is 6.86. The molecule has 0 fully saturated rings. The summed E-state index contributed by atoms with van der Waals surface area (Å²) in [7, 11) is 0. The molecule has 0 saturated carbocycles. The van der Waals surface area contributed by atoms with Crippen LogP contribution in [0, 0.1) is 5.92 Å². The molecular weight excluding hydrogens is 198 g/mol. The summed E-state index contributed by atoms with van der Waals surface area (Å²) in [5.74, 6) is -0.907. The summed E-state index contributed by atoms with van der Waals surface area (Å²) < 4.78 is 4.69. The third-order valence-electron chi connectivity index (χ3n) is 1.83. The molecule has 0 aliphatic heterocycles. The summed E-state index contributed by atoms with van der Waals surface area (Å²) in [6.45, 7) is 7.18. The Labute approximate surface area is 89.1 Å². The van der Waals surface area contributed by atoms with Crippen molar-refractivity contribution in [3.63, 3.8) is 0 Å². The predicted octanol–water partition coefficient (Wildman–Crippen LogP) is 1.40. The van der Waals surface area contributed by atoms with E-state index in [0.717, 1.165) is 0 Å².